The lowest BCUT2D eigenvalue weighted by Gasteiger charge is -2.32. The molecule has 2 amide bonds. The molecular formula is C21H24N6O2. The van der Waals surface area contributed by atoms with E-state index >= 15 is 0 Å². The molecule has 3 aromatic rings. The average Bonchev–Trinajstić information content (AvgIpc) is 3.42. The zero-order valence-corrected chi connectivity index (χ0v) is 16.3. The number of H-pyrrole nitrogens is 1. The molecule has 0 spiro atoms. The van der Waals surface area contributed by atoms with Gasteiger partial charge in [0.05, 0.1) is 5.69 Å². The van der Waals surface area contributed by atoms with E-state index in [1.54, 1.807) is 23.0 Å². The van der Waals surface area contributed by atoms with Crippen LogP contribution in [-0.2, 0) is 7.05 Å². The van der Waals surface area contributed by atoms with Gasteiger partial charge in [-0.15, -0.1) is 0 Å². The molecule has 0 saturated carbocycles. The molecule has 0 bridgehead atoms. The average molecular weight is 392 g/mol. The second kappa shape index (κ2) is 8.30. The summed E-state index contributed by atoms with van der Waals surface area (Å²) in [5.41, 5.74) is 2.12. The Balaban J connectivity index is 1.33. The van der Waals surface area contributed by atoms with Crippen LogP contribution >= 0.6 is 0 Å². The van der Waals surface area contributed by atoms with Crippen LogP contribution < -0.4 is 5.32 Å². The molecular weight excluding hydrogens is 368 g/mol. The van der Waals surface area contributed by atoms with Crippen molar-refractivity contribution in [3.05, 3.63) is 60.3 Å². The van der Waals surface area contributed by atoms with Gasteiger partial charge in [-0.25, -0.2) is 4.98 Å². The Morgan fingerprint density at radius 2 is 2.10 bits per heavy atom. The Morgan fingerprint density at radius 1 is 1.28 bits per heavy atom. The summed E-state index contributed by atoms with van der Waals surface area (Å²) < 4.78 is 1.73. The van der Waals surface area contributed by atoms with Crippen LogP contribution in [0.3, 0.4) is 0 Å². The molecule has 0 radical (unpaired) electrons. The first-order valence-corrected chi connectivity index (χ1v) is 9.77. The Morgan fingerprint density at radius 3 is 2.86 bits per heavy atom. The second-order valence-corrected chi connectivity index (χ2v) is 7.36. The first kappa shape index (κ1) is 18.9. The van der Waals surface area contributed by atoms with Crippen LogP contribution in [0, 0.1) is 5.92 Å². The number of amides is 2. The summed E-state index contributed by atoms with van der Waals surface area (Å²) in [5, 5.41) is 10.0. The zero-order chi connectivity index (χ0) is 20.2. The Labute approximate surface area is 168 Å². The fourth-order valence-electron chi connectivity index (χ4n) is 3.66. The van der Waals surface area contributed by atoms with Crippen LogP contribution in [0.25, 0.3) is 11.3 Å². The van der Waals surface area contributed by atoms with Crippen LogP contribution in [0.15, 0.2) is 48.8 Å². The van der Waals surface area contributed by atoms with Gasteiger partial charge in [-0.05, 0) is 24.8 Å². The van der Waals surface area contributed by atoms with E-state index in [4.69, 9.17) is 0 Å². The summed E-state index contributed by atoms with van der Waals surface area (Å²) in [4.78, 5) is 31.1. The van der Waals surface area contributed by atoms with Crippen molar-refractivity contribution in [3.63, 3.8) is 0 Å². The normalized spacial score (nSPS) is 16.6. The Bertz CT molecular complexity index is 994. The molecule has 150 valence electrons. The van der Waals surface area contributed by atoms with Crippen molar-refractivity contribution < 1.29 is 9.59 Å². The van der Waals surface area contributed by atoms with Gasteiger partial charge in [0.15, 0.2) is 5.82 Å². The number of rotatable bonds is 5. The molecule has 1 unspecified atom stereocenters. The minimum Gasteiger partial charge on any atom is -0.350 e. The van der Waals surface area contributed by atoms with Gasteiger partial charge in [-0.1, -0.05) is 30.3 Å². The van der Waals surface area contributed by atoms with E-state index in [1.165, 1.54) is 0 Å². The maximum atomic E-state index is 12.7. The van der Waals surface area contributed by atoms with Crippen LogP contribution in [-0.4, -0.2) is 56.1 Å². The van der Waals surface area contributed by atoms with Crippen molar-refractivity contribution >= 4 is 11.8 Å². The third-order valence-corrected chi connectivity index (χ3v) is 5.26. The van der Waals surface area contributed by atoms with Crippen LogP contribution in [0.2, 0.25) is 0 Å². The molecule has 8 heteroatoms. The molecule has 1 fully saturated rings. The Kier molecular flexibility index (Phi) is 5.41. The SMILES string of the molecule is Cn1ccnc1C(=O)N1CCCC(CNC(=O)c2cc(-c3ccccc3)n[nH]2)C1. The first-order chi connectivity index (χ1) is 14.1. The summed E-state index contributed by atoms with van der Waals surface area (Å²) in [7, 11) is 1.82. The third kappa shape index (κ3) is 4.21. The van der Waals surface area contributed by atoms with Gasteiger partial charge in [-0.2, -0.15) is 5.10 Å². The first-order valence-electron chi connectivity index (χ1n) is 9.77. The summed E-state index contributed by atoms with van der Waals surface area (Å²) in [5.74, 6) is 0.413. The van der Waals surface area contributed by atoms with Crippen molar-refractivity contribution in [3.8, 4) is 11.3 Å². The van der Waals surface area contributed by atoms with Gasteiger partial charge in [-0.3, -0.25) is 14.7 Å². The molecule has 29 heavy (non-hydrogen) atoms. The largest absolute Gasteiger partial charge is 0.350 e. The lowest BCUT2D eigenvalue weighted by atomic mass is 9.98. The summed E-state index contributed by atoms with van der Waals surface area (Å²) in [6, 6.07) is 11.5. The van der Waals surface area contributed by atoms with Gasteiger partial charge in [0, 0.05) is 44.6 Å². The second-order valence-electron chi connectivity index (χ2n) is 7.36. The predicted octanol–water partition coefficient (Wildman–Crippen LogP) is 2.09. The fraction of sp³-hybridized carbons (Fsp3) is 0.333. The maximum absolute atomic E-state index is 12.7. The monoisotopic (exact) mass is 392 g/mol. The third-order valence-electron chi connectivity index (χ3n) is 5.26. The summed E-state index contributed by atoms with van der Waals surface area (Å²) in [6.45, 7) is 1.85. The topological polar surface area (TPSA) is 95.9 Å². The van der Waals surface area contributed by atoms with Crippen molar-refractivity contribution in [2.24, 2.45) is 13.0 Å². The highest BCUT2D eigenvalue weighted by Gasteiger charge is 2.27. The lowest BCUT2D eigenvalue weighted by molar-refractivity contribution is 0.0655. The quantitative estimate of drug-likeness (QED) is 0.695. The number of hydrogen-bond donors (Lipinski definition) is 2. The number of aromatic amines is 1. The Hall–Kier alpha value is -3.42. The highest BCUT2D eigenvalue weighted by molar-refractivity contribution is 5.93. The van der Waals surface area contributed by atoms with E-state index in [-0.39, 0.29) is 17.7 Å². The molecule has 2 aromatic heterocycles. The highest BCUT2D eigenvalue weighted by atomic mass is 16.2. The van der Waals surface area contributed by atoms with Crippen LogP contribution in [0.5, 0.6) is 0 Å². The van der Waals surface area contributed by atoms with E-state index in [0.29, 0.717) is 24.6 Å². The smallest absolute Gasteiger partial charge is 0.289 e. The molecule has 1 aromatic carbocycles. The number of aromatic nitrogens is 4. The van der Waals surface area contributed by atoms with Gasteiger partial charge < -0.3 is 14.8 Å². The number of carbonyl (C=O) groups excluding carboxylic acids is 2. The maximum Gasteiger partial charge on any atom is 0.289 e. The number of nitrogens with one attached hydrogen (secondary N) is 2. The number of carbonyl (C=O) groups is 2. The minimum absolute atomic E-state index is 0.0606. The molecule has 1 atom stereocenters. The molecule has 4 rings (SSSR count). The van der Waals surface area contributed by atoms with Gasteiger partial charge in [0.25, 0.3) is 11.8 Å². The summed E-state index contributed by atoms with van der Waals surface area (Å²) in [6.07, 6.45) is 5.29. The molecule has 0 aliphatic carbocycles. The molecule has 1 aliphatic rings. The molecule has 8 nitrogen and oxygen atoms in total. The number of nitrogens with zero attached hydrogens (tertiary/aromatic N) is 4. The van der Waals surface area contributed by atoms with E-state index in [2.05, 4.69) is 20.5 Å². The lowest BCUT2D eigenvalue weighted by Crippen LogP contribution is -2.44. The van der Waals surface area contributed by atoms with Crippen LogP contribution in [0.4, 0.5) is 0 Å². The van der Waals surface area contributed by atoms with Crippen molar-refractivity contribution in [1.82, 2.24) is 30.0 Å². The zero-order valence-electron chi connectivity index (χ0n) is 16.3. The van der Waals surface area contributed by atoms with Crippen molar-refractivity contribution in [1.29, 1.82) is 0 Å². The van der Waals surface area contributed by atoms with Gasteiger partial charge in [0.1, 0.15) is 5.69 Å². The number of likely N-dealkylation sites (tertiary alicyclic amines) is 1. The number of hydrogen-bond acceptors (Lipinski definition) is 4. The number of imidazole rings is 1. The predicted molar refractivity (Wildman–Crippen MR) is 108 cm³/mol. The summed E-state index contributed by atoms with van der Waals surface area (Å²) >= 11 is 0. The number of piperidine rings is 1. The van der Waals surface area contributed by atoms with Gasteiger partial charge in [0.2, 0.25) is 0 Å². The molecule has 1 aliphatic heterocycles. The number of benzene rings is 1. The standard InChI is InChI=1S/C21H24N6O2/c1-26-11-9-22-19(26)21(29)27-10-5-6-15(14-27)13-23-20(28)18-12-17(24-25-18)16-7-3-2-4-8-16/h2-4,7-9,11-12,15H,5-6,10,13-14H2,1H3,(H,23,28)(H,24,25). The van der Waals surface area contributed by atoms with E-state index in [1.807, 2.05) is 42.3 Å². The van der Waals surface area contributed by atoms with Crippen molar-refractivity contribution in [2.75, 3.05) is 19.6 Å². The molecule has 3 heterocycles. The van der Waals surface area contributed by atoms with E-state index in [9.17, 15) is 9.59 Å². The van der Waals surface area contributed by atoms with Crippen LogP contribution in [0.1, 0.15) is 33.9 Å². The fourth-order valence-corrected chi connectivity index (χ4v) is 3.66. The van der Waals surface area contributed by atoms with Crippen molar-refractivity contribution in [2.45, 2.75) is 12.8 Å². The highest BCUT2D eigenvalue weighted by Crippen LogP contribution is 2.19. The van der Waals surface area contributed by atoms with E-state index < -0.39 is 0 Å². The molecule has 1 saturated heterocycles. The number of aryl methyl sites for hydroxylation is 1. The van der Waals surface area contributed by atoms with Gasteiger partial charge >= 0.3 is 0 Å². The minimum atomic E-state index is -0.188. The van der Waals surface area contributed by atoms with E-state index in [0.717, 1.165) is 30.6 Å². The molecule has 2 N–H and O–H groups in total.